The van der Waals surface area contributed by atoms with Gasteiger partial charge >= 0.3 is 0 Å². The molecule has 0 spiro atoms. The van der Waals surface area contributed by atoms with Gasteiger partial charge in [0, 0.05) is 8.90 Å². The van der Waals surface area contributed by atoms with Gasteiger partial charge in [-0.05, 0) is 27.6 Å². The van der Waals surface area contributed by atoms with Gasteiger partial charge in [-0.2, -0.15) is 0 Å². The number of alkyl halides is 1. The molecule has 0 heterocycles. The van der Waals surface area contributed by atoms with Gasteiger partial charge in [0.2, 0.25) is 0 Å². The molecule has 1 aromatic rings. The lowest BCUT2D eigenvalue weighted by Crippen LogP contribution is -1.78. The third-order valence-electron chi connectivity index (χ3n) is 1.18. The van der Waals surface area contributed by atoms with Crippen LogP contribution < -0.4 is 0 Å². The summed E-state index contributed by atoms with van der Waals surface area (Å²) >= 11 is 11.6. The number of hydrogen-bond donors (Lipinski definition) is 0. The first-order valence-electron chi connectivity index (χ1n) is 2.74. The molecule has 0 saturated carbocycles. The van der Waals surface area contributed by atoms with E-state index in [1.54, 1.807) is 0 Å². The Hall–Kier alpha value is 0.720. The minimum absolute atomic E-state index is 0.786. The highest BCUT2D eigenvalue weighted by molar-refractivity contribution is 14.1. The molecule has 3 heteroatoms. The average Bonchev–Trinajstić information content (AvgIpc) is 1.95. The summed E-state index contributed by atoms with van der Waals surface area (Å²) in [4.78, 5) is 0. The minimum Gasteiger partial charge on any atom is -0.0831 e. The van der Waals surface area contributed by atoms with Crippen LogP contribution in [0.1, 0.15) is 5.56 Å². The highest BCUT2D eigenvalue weighted by atomic mass is 127. The molecule has 0 radical (unpaired) electrons. The smallest absolute Gasteiger partial charge is 0.0551 e. The van der Waals surface area contributed by atoms with Crippen LogP contribution in [-0.2, 0) is 4.43 Å². The summed E-state index contributed by atoms with van der Waals surface area (Å²) in [5.74, 6) is 0. The molecule has 10 heavy (non-hydrogen) atoms. The monoisotopic (exact) mass is 330 g/mol. The van der Waals surface area contributed by atoms with E-state index in [1.807, 2.05) is 12.1 Å². The van der Waals surface area contributed by atoms with E-state index in [9.17, 15) is 0 Å². The summed E-state index contributed by atoms with van der Waals surface area (Å²) in [5, 5.41) is 0.786. The highest BCUT2D eigenvalue weighted by Gasteiger charge is 2.00. The molecular weight excluding hydrogens is 326 g/mol. The van der Waals surface area contributed by atoms with Crippen LogP contribution in [0.3, 0.4) is 0 Å². The lowest BCUT2D eigenvalue weighted by atomic mass is 10.2. The molecule has 0 aromatic heterocycles. The molecule has 0 bridgehead atoms. The van der Waals surface area contributed by atoms with Crippen molar-refractivity contribution in [3.8, 4) is 0 Å². The third-order valence-corrected chi connectivity index (χ3v) is 3.48. The number of rotatable bonds is 1. The fourth-order valence-electron chi connectivity index (χ4n) is 0.652. The molecule has 0 aliphatic heterocycles. The molecule has 54 valence electrons. The normalized spacial score (nSPS) is 9.90. The highest BCUT2D eigenvalue weighted by Crippen LogP contribution is 2.27. The number of halogens is 3. The molecule has 0 fully saturated rings. The van der Waals surface area contributed by atoms with E-state index in [4.69, 9.17) is 11.6 Å². The SMILES string of the molecule is Clc1cccc(CI)c1Br. The van der Waals surface area contributed by atoms with Crippen molar-refractivity contribution in [1.82, 2.24) is 0 Å². The van der Waals surface area contributed by atoms with Gasteiger partial charge in [0.05, 0.1) is 5.02 Å². The molecule has 1 rings (SSSR count). The molecule has 1 aromatic carbocycles. The predicted octanol–water partition coefficient (Wildman–Crippen LogP) is 4.04. The van der Waals surface area contributed by atoms with E-state index in [0.29, 0.717) is 0 Å². The quantitative estimate of drug-likeness (QED) is 0.538. The van der Waals surface area contributed by atoms with Crippen LogP contribution in [0, 0.1) is 0 Å². The largest absolute Gasteiger partial charge is 0.0831 e. The Morgan fingerprint density at radius 2 is 2.20 bits per heavy atom. The fraction of sp³-hybridized carbons (Fsp3) is 0.143. The van der Waals surface area contributed by atoms with Crippen LogP contribution in [0.4, 0.5) is 0 Å². The zero-order valence-corrected chi connectivity index (χ0v) is 9.57. The molecular formula is C7H5BrClI. The van der Waals surface area contributed by atoms with E-state index >= 15 is 0 Å². The molecule has 0 saturated heterocycles. The Balaban J connectivity index is 3.14. The van der Waals surface area contributed by atoms with Crippen LogP contribution in [-0.4, -0.2) is 0 Å². The van der Waals surface area contributed by atoms with E-state index in [1.165, 1.54) is 5.56 Å². The summed E-state index contributed by atoms with van der Waals surface area (Å²) in [6.07, 6.45) is 0. The first-order valence-corrected chi connectivity index (χ1v) is 5.44. The van der Waals surface area contributed by atoms with Crippen LogP contribution >= 0.6 is 50.1 Å². The van der Waals surface area contributed by atoms with Gasteiger partial charge in [-0.3, -0.25) is 0 Å². The average molecular weight is 331 g/mol. The number of hydrogen-bond acceptors (Lipinski definition) is 0. The minimum atomic E-state index is 0.786. The van der Waals surface area contributed by atoms with E-state index < -0.39 is 0 Å². The topological polar surface area (TPSA) is 0 Å². The van der Waals surface area contributed by atoms with Crippen molar-refractivity contribution >= 4 is 50.1 Å². The van der Waals surface area contributed by atoms with Crippen molar-refractivity contribution in [2.75, 3.05) is 0 Å². The molecule has 0 amide bonds. The van der Waals surface area contributed by atoms with Crippen molar-refractivity contribution in [1.29, 1.82) is 0 Å². The van der Waals surface area contributed by atoms with E-state index in [-0.39, 0.29) is 0 Å². The lowest BCUT2D eigenvalue weighted by Gasteiger charge is -1.99. The van der Waals surface area contributed by atoms with Gasteiger partial charge in [0.1, 0.15) is 0 Å². The maximum atomic E-state index is 5.84. The maximum Gasteiger partial charge on any atom is 0.0551 e. The van der Waals surface area contributed by atoms with Gasteiger partial charge < -0.3 is 0 Å². The van der Waals surface area contributed by atoms with Crippen molar-refractivity contribution < 1.29 is 0 Å². The molecule has 0 atom stereocenters. The molecule has 0 unspecified atom stereocenters. The molecule has 0 aliphatic rings. The first-order chi connectivity index (χ1) is 4.75. The van der Waals surface area contributed by atoms with Crippen LogP contribution in [0.15, 0.2) is 22.7 Å². The van der Waals surface area contributed by atoms with E-state index in [2.05, 4.69) is 44.6 Å². The van der Waals surface area contributed by atoms with Gasteiger partial charge in [-0.25, -0.2) is 0 Å². The Labute approximate surface area is 87.2 Å². The summed E-state index contributed by atoms with van der Waals surface area (Å²) < 4.78 is 2.00. The Bertz CT molecular complexity index is 237. The van der Waals surface area contributed by atoms with Crippen molar-refractivity contribution in [3.05, 3.63) is 33.3 Å². The zero-order chi connectivity index (χ0) is 7.56. The summed E-state index contributed by atoms with van der Waals surface area (Å²) in [7, 11) is 0. The maximum absolute atomic E-state index is 5.84. The zero-order valence-electron chi connectivity index (χ0n) is 5.07. The summed E-state index contributed by atoms with van der Waals surface area (Å²) in [5.41, 5.74) is 1.24. The second kappa shape index (κ2) is 3.93. The molecule has 0 aliphatic carbocycles. The summed E-state index contributed by atoms with van der Waals surface area (Å²) in [6.45, 7) is 0. The van der Waals surface area contributed by atoms with E-state index in [0.717, 1.165) is 13.9 Å². The van der Waals surface area contributed by atoms with Crippen LogP contribution in [0.2, 0.25) is 5.02 Å². The van der Waals surface area contributed by atoms with Gasteiger partial charge in [-0.1, -0.05) is 46.3 Å². The third kappa shape index (κ3) is 1.86. The van der Waals surface area contributed by atoms with Gasteiger partial charge in [0.25, 0.3) is 0 Å². The van der Waals surface area contributed by atoms with Gasteiger partial charge in [-0.15, -0.1) is 0 Å². The second-order valence-corrected chi connectivity index (χ2v) is 3.81. The van der Waals surface area contributed by atoms with Crippen LogP contribution in [0.5, 0.6) is 0 Å². The lowest BCUT2D eigenvalue weighted by molar-refractivity contribution is 1.42. The van der Waals surface area contributed by atoms with Gasteiger partial charge in [0.15, 0.2) is 0 Å². The van der Waals surface area contributed by atoms with Crippen molar-refractivity contribution in [3.63, 3.8) is 0 Å². The fourth-order valence-corrected chi connectivity index (χ4v) is 2.41. The summed E-state index contributed by atoms with van der Waals surface area (Å²) in [6, 6.07) is 5.89. The molecule has 0 nitrogen and oxygen atoms in total. The molecule has 0 N–H and O–H groups in total. The van der Waals surface area contributed by atoms with Crippen LogP contribution in [0.25, 0.3) is 0 Å². The predicted molar refractivity (Wildman–Crippen MR) is 56.9 cm³/mol. The number of benzene rings is 1. The first kappa shape index (κ1) is 8.81. The van der Waals surface area contributed by atoms with Crippen molar-refractivity contribution in [2.24, 2.45) is 0 Å². The Morgan fingerprint density at radius 3 is 2.70 bits per heavy atom. The van der Waals surface area contributed by atoms with Crippen molar-refractivity contribution in [2.45, 2.75) is 4.43 Å². The second-order valence-electron chi connectivity index (χ2n) is 1.85. The Morgan fingerprint density at radius 1 is 1.50 bits per heavy atom. The Kier molecular flexibility index (Phi) is 3.46. The standard InChI is InChI=1S/C7H5BrClI/c8-7-5(4-10)2-1-3-6(7)9/h1-3H,4H2.